The Kier molecular flexibility index (Phi) is 5.81. The number of benzene rings is 1. The third kappa shape index (κ3) is 3.94. The van der Waals surface area contributed by atoms with E-state index in [0.29, 0.717) is 0 Å². The average molecular weight is 291 g/mol. The maximum absolute atomic E-state index is 4.53. The quantitative estimate of drug-likeness (QED) is 0.921. The number of halogens is 1. The Balaban J connectivity index is 0.00000147. The summed E-state index contributed by atoms with van der Waals surface area (Å²) in [5.74, 6) is 0.891. The minimum absolute atomic E-state index is 0. The van der Waals surface area contributed by atoms with E-state index in [9.17, 15) is 0 Å². The van der Waals surface area contributed by atoms with E-state index in [2.05, 4.69) is 34.6 Å². The first-order chi connectivity index (χ1) is 9.42. The minimum Gasteiger partial charge on any atom is -0.316 e. The largest absolute Gasteiger partial charge is 0.316 e. The number of piperidine rings is 1. The molecule has 1 N–H and O–H groups in total. The van der Waals surface area contributed by atoms with Crippen LogP contribution in [-0.4, -0.2) is 18.1 Å². The molecule has 2 nitrogen and oxygen atoms in total. The first-order valence-corrected chi connectivity index (χ1v) is 7.46. The maximum atomic E-state index is 4.53. The van der Waals surface area contributed by atoms with Crippen molar-refractivity contribution in [2.24, 2.45) is 5.92 Å². The third-order valence-electron chi connectivity index (χ3n) is 4.12. The molecule has 1 atom stereocenters. The number of aromatic nitrogens is 1. The standard InChI is InChI=1S/C17H22N2.ClH/c1-2-9-17-16(8-1)11-15(13-19-17)6-3-5-14-7-4-10-18-12-14;/h1-2,8-9,11,13-14,18H,3-7,10,12H2;1H. The lowest BCUT2D eigenvalue weighted by molar-refractivity contribution is 0.351. The number of rotatable bonds is 4. The van der Waals surface area contributed by atoms with Crippen LogP contribution in [0.2, 0.25) is 0 Å². The number of nitrogens with one attached hydrogen (secondary N) is 1. The Morgan fingerprint density at radius 3 is 3.00 bits per heavy atom. The van der Waals surface area contributed by atoms with Gasteiger partial charge in [0.1, 0.15) is 0 Å². The lowest BCUT2D eigenvalue weighted by Gasteiger charge is -2.22. The van der Waals surface area contributed by atoms with Crippen molar-refractivity contribution in [1.82, 2.24) is 10.3 Å². The molecule has 0 amide bonds. The summed E-state index contributed by atoms with van der Waals surface area (Å²) in [5.41, 5.74) is 2.48. The zero-order valence-corrected chi connectivity index (χ0v) is 12.7. The highest BCUT2D eigenvalue weighted by atomic mass is 35.5. The zero-order chi connectivity index (χ0) is 12.9. The summed E-state index contributed by atoms with van der Waals surface area (Å²) in [5, 5.41) is 4.76. The highest BCUT2D eigenvalue weighted by Crippen LogP contribution is 2.19. The fourth-order valence-corrected chi connectivity index (χ4v) is 3.02. The molecule has 1 aliphatic heterocycles. The van der Waals surface area contributed by atoms with Crippen molar-refractivity contribution in [1.29, 1.82) is 0 Å². The summed E-state index contributed by atoms with van der Waals surface area (Å²) >= 11 is 0. The van der Waals surface area contributed by atoms with E-state index < -0.39 is 0 Å². The van der Waals surface area contributed by atoms with Gasteiger partial charge in [0.15, 0.2) is 0 Å². The maximum Gasteiger partial charge on any atom is 0.0702 e. The number of hydrogen-bond acceptors (Lipinski definition) is 2. The van der Waals surface area contributed by atoms with E-state index in [1.807, 2.05) is 12.3 Å². The Labute approximate surface area is 127 Å². The van der Waals surface area contributed by atoms with Gasteiger partial charge in [0.25, 0.3) is 0 Å². The lowest BCUT2D eigenvalue weighted by atomic mass is 9.93. The fraction of sp³-hybridized carbons (Fsp3) is 0.471. The van der Waals surface area contributed by atoms with Gasteiger partial charge < -0.3 is 5.32 Å². The number of para-hydroxylation sites is 1. The molecule has 20 heavy (non-hydrogen) atoms. The predicted molar refractivity (Wildman–Crippen MR) is 87.5 cm³/mol. The highest BCUT2D eigenvalue weighted by molar-refractivity contribution is 5.85. The Bertz CT molecular complexity index is 535. The Morgan fingerprint density at radius 2 is 2.15 bits per heavy atom. The monoisotopic (exact) mass is 290 g/mol. The van der Waals surface area contributed by atoms with E-state index in [1.54, 1.807) is 0 Å². The SMILES string of the molecule is Cl.c1ccc2ncc(CCCC3CCCNC3)cc2c1. The van der Waals surface area contributed by atoms with Gasteiger partial charge in [-0.15, -0.1) is 12.4 Å². The molecule has 0 saturated carbocycles. The highest BCUT2D eigenvalue weighted by Gasteiger charge is 2.12. The second-order valence-corrected chi connectivity index (χ2v) is 5.64. The van der Waals surface area contributed by atoms with Crippen LogP contribution in [0.5, 0.6) is 0 Å². The summed E-state index contributed by atoms with van der Waals surface area (Å²) in [6.45, 7) is 2.43. The van der Waals surface area contributed by atoms with Crippen molar-refractivity contribution < 1.29 is 0 Å². The van der Waals surface area contributed by atoms with Gasteiger partial charge in [-0.25, -0.2) is 0 Å². The molecule has 1 aliphatic rings. The van der Waals surface area contributed by atoms with E-state index in [0.717, 1.165) is 17.9 Å². The minimum atomic E-state index is 0. The Morgan fingerprint density at radius 1 is 1.25 bits per heavy atom. The molecule has 1 fully saturated rings. The van der Waals surface area contributed by atoms with Crippen LogP contribution in [0, 0.1) is 5.92 Å². The first kappa shape index (κ1) is 15.3. The molecule has 0 bridgehead atoms. The molecule has 2 aromatic rings. The van der Waals surface area contributed by atoms with Crippen molar-refractivity contribution in [3.63, 3.8) is 0 Å². The third-order valence-corrected chi connectivity index (χ3v) is 4.12. The molecule has 108 valence electrons. The average Bonchev–Trinajstić information content (AvgIpc) is 2.48. The molecule has 2 heterocycles. The number of fused-ring (bicyclic) bond motifs is 1. The molecule has 1 unspecified atom stereocenters. The van der Waals surface area contributed by atoms with Crippen molar-refractivity contribution >= 4 is 23.3 Å². The zero-order valence-electron chi connectivity index (χ0n) is 11.8. The molecular weight excluding hydrogens is 268 g/mol. The van der Waals surface area contributed by atoms with E-state index in [-0.39, 0.29) is 12.4 Å². The van der Waals surface area contributed by atoms with E-state index >= 15 is 0 Å². The summed E-state index contributed by atoms with van der Waals surface area (Å²) in [6.07, 6.45) is 8.59. The van der Waals surface area contributed by atoms with Crippen LogP contribution >= 0.6 is 12.4 Å². The Hall–Kier alpha value is -1.12. The van der Waals surface area contributed by atoms with Crippen LogP contribution in [0.4, 0.5) is 0 Å². The summed E-state index contributed by atoms with van der Waals surface area (Å²) in [7, 11) is 0. The van der Waals surface area contributed by atoms with Gasteiger partial charge >= 0.3 is 0 Å². The first-order valence-electron chi connectivity index (χ1n) is 7.46. The second kappa shape index (κ2) is 7.61. The lowest BCUT2D eigenvalue weighted by Crippen LogP contribution is -2.29. The number of aryl methyl sites for hydroxylation is 1. The smallest absolute Gasteiger partial charge is 0.0702 e. The van der Waals surface area contributed by atoms with Gasteiger partial charge in [0.2, 0.25) is 0 Å². The topological polar surface area (TPSA) is 24.9 Å². The van der Waals surface area contributed by atoms with Gasteiger partial charge in [-0.2, -0.15) is 0 Å². The van der Waals surface area contributed by atoms with E-state index in [4.69, 9.17) is 0 Å². The van der Waals surface area contributed by atoms with Gasteiger partial charge in [0, 0.05) is 11.6 Å². The molecule has 1 saturated heterocycles. The number of nitrogens with zero attached hydrogens (tertiary/aromatic N) is 1. The van der Waals surface area contributed by atoms with Gasteiger partial charge in [0.05, 0.1) is 5.52 Å². The molecule has 3 rings (SSSR count). The molecule has 1 aromatic heterocycles. The summed E-state index contributed by atoms with van der Waals surface area (Å²) in [6, 6.07) is 10.7. The van der Waals surface area contributed by atoms with Crippen molar-refractivity contribution in [3.8, 4) is 0 Å². The summed E-state index contributed by atoms with van der Waals surface area (Å²) in [4.78, 5) is 4.53. The van der Waals surface area contributed by atoms with Crippen LogP contribution in [0.25, 0.3) is 10.9 Å². The van der Waals surface area contributed by atoms with Crippen LogP contribution in [0.15, 0.2) is 36.5 Å². The van der Waals surface area contributed by atoms with Crippen LogP contribution in [-0.2, 0) is 6.42 Å². The van der Waals surface area contributed by atoms with Gasteiger partial charge in [-0.1, -0.05) is 18.2 Å². The van der Waals surface area contributed by atoms with Crippen LogP contribution < -0.4 is 5.32 Å². The molecular formula is C17H23ClN2. The number of pyridine rings is 1. The van der Waals surface area contributed by atoms with Crippen LogP contribution in [0.1, 0.15) is 31.2 Å². The molecule has 0 radical (unpaired) electrons. The van der Waals surface area contributed by atoms with Gasteiger partial charge in [-0.05, 0) is 68.8 Å². The number of hydrogen-bond donors (Lipinski definition) is 1. The summed E-state index contributed by atoms with van der Waals surface area (Å²) < 4.78 is 0. The van der Waals surface area contributed by atoms with Crippen molar-refractivity contribution in [3.05, 3.63) is 42.1 Å². The predicted octanol–water partition coefficient (Wildman–Crippen LogP) is 3.98. The molecule has 3 heteroatoms. The van der Waals surface area contributed by atoms with Crippen molar-refractivity contribution in [2.45, 2.75) is 32.1 Å². The van der Waals surface area contributed by atoms with Crippen LogP contribution in [0.3, 0.4) is 0 Å². The molecule has 0 spiro atoms. The van der Waals surface area contributed by atoms with Crippen molar-refractivity contribution in [2.75, 3.05) is 13.1 Å². The fourth-order valence-electron chi connectivity index (χ4n) is 3.02. The molecule has 1 aromatic carbocycles. The molecule has 0 aliphatic carbocycles. The normalized spacial score (nSPS) is 18.7. The van der Waals surface area contributed by atoms with E-state index in [1.165, 1.54) is 49.7 Å². The second-order valence-electron chi connectivity index (χ2n) is 5.64. The van der Waals surface area contributed by atoms with Gasteiger partial charge in [-0.3, -0.25) is 4.98 Å².